The Hall–Kier alpha value is -1.42. The summed E-state index contributed by atoms with van der Waals surface area (Å²) in [4.78, 5) is 0.185. The minimum absolute atomic E-state index is 0.185. The van der Waals surface area contributed by atoms with Crippen molar-refractivity contribution < 1.29 is 8.42 Å². The van der Waals surface area contributed by atoms with E-state index in [4.69, 9.17) is 11.0 Å². The third-order valence-electron chi connectivity index (χ3n) is 2.65. The van der Waals surface area contributed by atoms with Crippen molar-refractivity contribution in [3.05, 3.63) is 29.3 Å². The lowest BCUT2D eigenvalue weighted by Gasteiger charge is -2.12. The Morgan fingerprint density at radius 1 is 1.50 bits per heavy atom. The lowest BCUT2D eigenvalue weighted by Crippen LogP contribution is -2.36. The van der Waals surface area contributed by atoms with Crippen LogP contribution in [-0.4, -0.2) is 21.0 Å². The van der Waals surface area contributed by atoms with Crippen LogP contribution in [0.15, 0.2) is 23.1 Å². The normalized spacial score (nSPS) is 13.0. The lowest BCUT2D eigenvalue weighted by molar-refractivity contribution is 0.563. The molecular formula is C12H17N3O2S. The molecule has 1 aromatic rings. The second-order valence-corrected chi connectivity index (χ2v) is 5.85. The predicted molar refractivity (Wildman–Crippen MR) is 69.3 cm³/mol. The maximum atomic E-state index is 12.0. The summed E-state index contributed by atoms with van der Waals surface area (Å²) in [5.41, 5.74) is 6.66. The average molecular weight is 267 g/mol. The van der Waals surface area contributed by atoms with Crippen molar-refractivity contribution >= 4 is 10.0 Å². The fourth-order valence-electron chi connectivity index (χ4n) is 1.46. The second kappa shape index (κ2) is 5.96. The van der Waals surface area contributed by atoms with Gasteiger partial charge < -0.3 is 5.73 Å². The van der Waals surface area contributed by atoms with Crippen LogP contribution in [0.1, 0.15) is 24.5 Å². The summed E-state index contributed by atoms with van der Waals surface area (Å²) in [6, 6.07) is 6.25. The van der Waals surface area contributed by atoms with Crippen LogP contribution in [-0.2, 0) is 10.0 Å². The van der Waals surface area contributed by atoms with E-state index in [2.05, 4.69) is 4.72 Å². The molecule has 0 heterocycles. The molecule has 0 amide bonds. The van der Waals surface area contributed by atoms with Gasteiger partial charge >= 0.3 is 0 Å². The topological polar surface area (TPSA) is 96.0 Å². The minimum Gasteiger partial charge on any atom is -0.327 e. The van der Waals surface area contributed by atoms with E-state index in [0.29, 0.717) is 17.5 Å². The standard InChI is InChI=1S/C12H17N3O2S/c1-3-11(14)8-15-18(16,17)12-5-4-10(7-13)6-9(12)2/h4-6,11,15H,3,8,14H2,1-2H3. The first-order valence-corrected chi connectivity index (χ1v) is 7.15. The monoisotopic (exact) mass is 267 g/mol. The average Bonchev–Trinajstić information content (AvgIpc) is 2.35. The number of nitriles is 1. The maximum absolute atomic E-state index is 12.0. The van der Waals surface area contributed by atoms with Gasteiger partial charge in [-0.2, -0.15) is 5.26 Å². The molecule has 0 spiro atoms. The molecule has 18 heavy (non-hydrogen) atoms. The molecular weight excluding hydrogens is 250 g/mol. The molecule has 0 fully saturated rings. The Balaban J connectivity index is 2.96. The van der Waals surface area contributed by atoms with Gasteiger partial charge in [0, 0.05) is 12.6 Å². The number of nitrogens with two attached hydrogens (primary N) is 1. The summed E-state index contributed by atoms with van der Waals surface area (Å²) in [7, 11) is -3.56. The van der Waals surface area contributed by atoms with Crippen LogP contribution in [0.2, 0.25) is 0 Å². The fourth-order valence-corrected chi connectivity index (χ4v) is 2.78. The van der Waals surface area contributed by atoms with Crippen LogP contribution < -0.4 is 10.5 Å². The smallest absolute Gasteiger partial charge is 0.240 e. The van der Waals surface area contributed by atoms with Crippen molar-refractivity contribution in [2.24, 2.45) is 5.73 Å². The summed E-state index contributed by atoms with van der Waals surface area (Å²) in [6.07, 6.45) is 0.703. The van der Waals surface area contributed by atoms with Gasteiger partial charge in [0.1, 0.15) is 0 Å². The molecule has 0 saturated heterocycles. The highest BCUT2D eigenvalue weighted by Gasteiger charge is 2.17. The van der Waals surface area contributed by atoms with E-state index in [0.717, 1.165) is 0 Å². The zero-order valence-electron chi connectivity index (χ0n) is 10.5. The first-order chi connectivity index (χ1) is 8.40. The fraction of sp³-hybridized carbons (Fsp3) is 0.417. The molecule has 0 aliphatic rings. The van der Waals surface area contributed by atoms with Crippen LogP contribution in [0, 0.1) is 18.3 Å². The van der Waals surface area contributed by atoms with Gasteiger partial charge in [-0.15, -0.1) is 0 Å². The van der Waals surface area contributed by atoms with Gasteiger partial charge in [0.15, 0.2) is 0 Å². The van der Waals surface area contributed by atoms with Crippen LogP contribution in [0.25, 0.3) is 0 Å². The molecule has 0 saturated carbocycles. The molecule has 1 unspecified atom stereocenters. The predicted octanol–water partition coefficient (Wildman–Crippen LogP) is 0.882. The molecule has 1 atom stereocenters. The zero-order valence-corrected chi connectivity index (χ0v) is 11.3. The number of rotatable bonds is 5. The van der Waals surface area contributed by atoms with Gasteiger partial charge in [0.25, 0.3) is 0 Å². The lowest BCUT2D eigenvalue weighted by atomic mass is 10.2. The largest absolute Gasteiger partial charge is 0.327 e. The Morgan fingerprint density at radius 3 is 2.67 bits per heavy atom. The third-order valence-corrected chi connectivity index (χ3v) is 4.24. The van der Waals surface area contributed by atoms with Crippen molar-refractivity contribution in [1.29, 1.82) is 5.26 Å². The minimum atomic E-state index is -3.56. The molecule has 0 aliphatic carbocycles. The third kappa shape index (κ3) is 3.53. The van der Waals surface area contributed by atoms with Crippen LogP contribution >= 0.6 is 0 Å². The highest BCUT2D eigenvalue weighted by molar-refractivity contribution is 7.89. The molecule has 1 rings (SSSR count). The summed E-state index contributed by atoms with van der Waals surface area (Å²) in [5.74, 6) is 0. The summed E-state index contributed by atoms with van der Waals surface area (Å²) in [6.45, 7) is 3.76. The van der Waals surface area contributed by atoms with Gasteiger partial charge in [-0.3, -0.25) is 0 Å². The van der Waals surface area contributed by atoms with Gasteiger partial charge in [-0.25, -0.2) is 13.1 Å². The van der Waals surface area contributed by atoms with Gasteiger partial charge in [-0.1, -0.05) is 6.92 Å². The van der Waals surface area contributed by atoms with Gasteiger partial charge in [0.05, 0.1) is 16.5 Å². The van der Waals surface area contributed by atoms with Crippen molar-refractivity contribution in [3.8, 4) is 6.07 Å². The molecule has 5 nitrogen and oxygen atoms in total. The van der Waals surface area contributed by atoms with Crippen LogP contribution in [0.3, 0.4) is 0 Å². The Bertz CT molecular complexity index is 561. The number of hydrogen-bond acceptors (Lipinski definition) is 4. The molecule has 1 aromatic carbocycles. The highest BCUT2D eigenvalue weighted by Crippen LogP contribution is 2.16. The molecule has 3 N–H and O–H groups in total. The number of nitrogens with zero attached hydrogens (tertiary/aromatic N) is 1. The van der Waals surface area contributed by atoms with Gasteiger partial charge in [0.2, 0.25) is 10.0 Å². The van der Waals surface area contributed by atoms with E-state index in [1.54, 1.807) is 13.0 Å². The zero-order chi connectivity index (χ0) is 13.8. The van der Waals surface area contributed by atoms with E-state index < -0.39 is 10.0 Å². The molecule has 0 radical (unpaired) electrons. The Morgan fingerprint density at radius 2 is 2.17 bits per heavy atom. The summed E-state index contributed by atoms with van der Waals surface area (Å²) >= 11 is 0. The molecule has 0 aromatic heterocycles. The number of hydrogen-bond donors (Lipinski definition) is 2. The Kier molecular flexibility index (Phi) is 4.84. The van der Waals surface area contributed by atoms with Crippen molar-refractivity contribution in [1.82, 2.24) is 4.72 Å². The van der Waals surface area contributed by atoms with E-state index in [1.807, 2.05) is 13.0 Å². The first-order valence-electron chi connectivity index (χ1n) is 5.66. The van der Waals surface area contributed by atoms with Crippen molar-refractivity contribution in [3.63, 3.8) is 0 Å². The van der Waals surface area contributed by atoms with E-state index in [-0.39, 0.29) is 17.5 Å². The van der Waals surface area contributed by atoms with E-state index in [1.165, 1.54) is 12.1 Å². The molecule has 6 heteroatoms. The summed E-state index contributed by atoms with van der Waals surface area (Å²) in [5, 5.41) is 8.73. The number of benzene rings is 1. The first kappa shape index (κ1) is 14.6. The summed E-state index contributed by atoms with van der Waals surface area (Å²) < 4.78 is 26.5. The SMILES string of the molecule is CCC(N)CNS(=O)(=O)c1ccc(C#N)cc1C. The molecule has 0 aliphatic heterocycles. The van der Waals surface area contributed by atoms with E-state index in [9.17, 15) is 8.42 Å². The second-order valence-electron chi connectivity index (χ2n) is 4.11. The van der Waals surface area contributed by atoms with Crippen molar-refractivity contribution in [2.45, 2.75) is 31.2 Å². The molecule has 0 bridgehead atoms. The molecule has 98 valence electrons. The van der Waals surface area contributed by atoms with Gasteiger partial charge in [-0.05, 0) is 37.1 Å². The van der Waals surface area contributed by atoms with Crippen LogP contribution in [0.4, 0.5) is 0 Å². The highest BCUT2D eigenvalue weighted by atomic mass is 32.2. The van der Waals surface area contributed by atoms with Crippen LogP contribution in [0.5, 0.6) is 0 Å². The number of nitrogens with one attached hydrogen (secondary N) is 1. The van der Waals surface area contributed by atoms with Crippen molar-refractivity contribution in [2.75, 3.05) is 6.54 Å². The number of sulfonamides is 1. The Labute approximate surface area is 108 Å². The van der Waals surface area contributed by atoms with E-state index >= 15 is 0 Å². The maximum Gasteiger partial charge on any atom is 0.240 e. The quantitative estimate of drug-likeness (QED) is 0.827. The number of aryl methyl sites for hydroxylation is 1.